The number of piperazine rings is 1. The number of amides is 2. The van der Waals surface area contributed by atoms with E-state index in [2.05, 4.69) is 15.2 Å². The molecule has 0 unspecified atom stereocenters. The van der Waals surface area contributed by atoms with E-state index in [9.17, 15) is 9.59 Å². The minimum absolute atomic E-state index is 0.0403. The molecule has 2 aromatic rings. The van der Waals surface area contributed by atoms with Crippen molar-refractivity contribution >= 4 is 22.7 Å². The topological polar surface area (TPSA) is 65.5 Å². The van der Waals surface area contributed by atoms with Crippen LogP contribution in [0.15, 0.2) is 24.3 Å². The fourth-order valence-electron chi connectivity index (χ4n) is 3.38. The first-order valence-corrected chi connectivity index (χ1v) is 9.14. The van der Waals surface area contributed by atoms with E-state index in [0.29, 0.717) is 44.8 Å². The molecule has 1 saturated heterocycles. The molecule has 1 aliphatic rings. The Morgan fingerprint density at radius 1 is 1.12 bits per heavy atom. The van der Waals surface area contributed by atoms with Gasteiger partial charge in [0.15, 0.2) is 0 Å². The Kier molecular flexibility index (Phi) is 5.52. The van der Waals surface area contributed by atoms with Crippen LogP contribution in [0.25, 0.3) is 10.9 Å². The summed E-state index contributed by atoms with van der Waals surface area (Å²) in [6, 6.07) is 7.90. The predicted molar refractivity (Wildman–Crippen MR) is 102 cm³/mol. The summed E-state index contributed by atoms with van der Waals surface area (Å²) in [5.74, 6) is 0.0854. The number of aromatic nitrogens is 1. The van der Waals surface area contributed by atoms with Crippen molar-refractivity contribution in [3.8, 4) is 0 Å². The van der Waals surface area contributed by atoms with Crippen LogP contribution < -0.4 is 5.32 Å². The summed E-state index contributed by atoms with van der Waals surface area (Å²) in [6.45, 7) is 9.58. The Balaban J connectivity index is 1.74. The molecule has 6 nitrogen and oxygen atoms in total. The number of pyridine rings is 1. The van der Waals surface area contributed by atoms with Crippen molar-refractivity contribution in [2.75, 3.05) is 39.3 Å². The van der Waals surface area contributed by atoms with Crippen LogP contribution in [-0.2, 0) is 4.79 Å². The Morgan fingerprint density at radius 3 is 2.54 bits per heavy atom. The third kappa shape index (κ3) is 4.02. The van der Waals surface area contributed by atoms with Crippen LogP contribution in [0, 0.1) is 13.8 Å². The summed E-state index contributed by atoms with van der Waals surface area (Å²) >= 11 is 0. The summed E-state index contributed by atoms with van der Waals surface area (Å²) in [5, 5.41) is 3.72. The van der Waals surface area contributed by atoms with E-state index in [0.717, 1.165) is 22.2 Å². The third-order valence-corrected chi connectivity index (χ3v) is 4.72. The van der Waals surface area contributed by atoms with Crippen LogP contribution in [0.5, 0.6) is 0 Å². The van der Waals surface area contributed by atoms with Gasteiger partial charge in [-0.15, -0.1) is 0 Å². The molecule has 3 rings (SSSR count). The molecule has 1 fully saturated rings. The maximum atomic E-state index is 13.1. The van der Waals surface area contributed by atoms with E-state index in [-0.39, 0.29) is 11.8 Å². The van der Waals surface area contributed by atoms with Gasteiger partial charge in [-0.3, -0.25) is 19.5 Å². The zero-order valence-corrected chi connectivity index (χ0v) is 15.7. The molecule has 1 aliphatic heterocycles. The lowest BCUT2D eigenvalue weighted by Gasteiger charge is -2.34. The van der Waals surface area contributed by atoms with Crippen molar-refractivity contribution in [1.29, 1.82) is 0 Å². The minimum Gasteiger partial charge on any atom is -0.355 e. The second-order valence-electron chi connectivity index (χ2n) is 6.85. The molecule has 0 radical (unpaired) electrons. The lowest BCUT2D eigenvalue weighted by Crippen LogP contribution is -2.51. The van der Waals surface area contributed by atoms with Crippen LogP contribution >= 0.6 is 0 Å². The largest absolute Gasteiger partial charge is 0.355 e. The number of hydrogen-bond acceptors (Lipinski definition) is 4. The second-order valence-corrected chi connectivity index (χ2v) is 6.85. The predicted octanol–water partition coefficient (Wildman–Crippen LogP) is 1.75. The zero-order valence-electron chi connectivity index (χ0n) is 15.7. The van der Waals surface area contributed by atoms with E-state index in [1.165, 1.54) is 0 Å². The van der Waals surface area contributed by atoms with Crippen LogP contribution in [0.4, 0.5) is 0 Å². The van der Waals surface area contributed by atoms with Crippen molar-refractivity contribution < 1.29 is 9.59 Å². The Bertz CT molecular complexity index is 826. The zero-order chi connectivity index (χ0) is 18.7. The Morgan fingerprint density at radius 2 is 1.85 bits per heavy atom. The van der Waals surface area contributed by atoms with Crippen LogP contribution in [-0.4, -0.2) is 65.9 Å². The number of carbonyl (C=O) groups is 2. The monoisotopic (exact) mass is 354 g/mol. The molecule has 1 N–H and O–H groups in total. The van der Waals surface area contributed by atoms with Gasteiger partial charge in [0.2, 0.25) is 5.91 Å². The fraction of sp³-hybridized carbons (Fsp3) is 0.450. The molecule has 1 aromatic heterocycles. The van der Waals surface area contributed by atoms with Gasteiger partial charge in [-0.25, -0.2) is 0 Å². The summed E-state index contributed by atoms with van der Waals surface area (Å²) in [6.07, 6.45) is 0. The number of carbonyl (C=O) groups excluding carboxylic acids is 2. The molecule has 0 atom stereocenters. The van der Waals surface area contributed by atoms with Crippen molar-refractivity contribution in [2.24, 2.45) is 0 Å². The van der Waals surface area contributed by atoms with E-state index >= 15 is 0 Å². The SMILES string of the molecule is CCNC(=O)CN1CCN(C(=O)c2cc(C)nc3ccc(C)cc23)CC1. The molecule has 26 heavy (non-hydrogen) atoms. The van der Waals surface area contributed by atoms with Gasteiger partial charge in [-0.1, -0.05) is 11.6 Å². The first-order valence-electron chi connectivity index (χ1n) is 9.14. The van der Waals surface area contributed by atoms with Gasteiger partial charge < -0.3 is 10.2 Å². The molecule has 2 heterocycles. The highest BCUT2D eigenvalue weighted by Gasteiger charge is 2.24. The van der Waals surface area contributed by atoms with Gasteiger partial charge in [-0.2, -0.15) is 0 Å². The summed E-state index contributed by atoms with van der Waals surface area (Å²) in [4.78, 5) is 33.3. The first-order chi connectivity index (χ1) is 12.5. The molecule has 0 spiro atoms. The summed E-state index contributed by atoms with van der Waals surface area (Å²) < 4.78 is 0. The van der Waals surface area contributed by atoms with Crippen molar-refractivity contribution in [1.82, 2.24) is 20.1 Å². The Labute approximate surface area is 154 Å². The molecule has 6 heteroatoms. The van der Waals surface area contributed by atoms with E-state index in [1.54, 1.807) is 0 Å². The highest BCUT2D eigenvalue weighted by atomic mass is 16.2. The van der Waals surface area contributed by atoms with Gasteiger partial charge in [0.1, 0.15) is 0 Å². The van der Waals surface area contributed by atoms with E-state index in [4.69, 9.17) is 0 Å². The quantitative estimate of drug-likeness (QED) is 0.908. The maximum absolute atomic E-state index is 13.1. The lowest BCUT2D eigenvalue weighted by molar-refractivity contribution is -0.122. The number of rotatable bonds is 4. The fourth-order valence-corrected chi connectivity index (χ4v) is 3.38. The minimum atomic E-state index is 0.0403. The first kappa shape index (κ1) is 18.3. The Hall–Kier alpha value is -2.47. The molecule has 1 aromatic carbocycles. The third-order valence-electron chi connectivity index (χ3n) is 4.72. The molecule has 138 valence electrons. The number of hydrogen-bond donors (Lipinski definition) is 1. The standard InChI is InChI=1S/C20H26N4O2/c1-4-21-19(25)13-23-7-9-24(10-8-23)20(26)17-12-15(3)22-18-6-5-14(2)11-16(17)18/h5-6,11-12H,4,7-10,13H2,1-3H3,(H,21,25). The number of nitrogens with zero attached hydrogens (tertiary/aromatic N) is 3. The van der Waals surface area contributed by atoms with Crippen LogP contribution in [0.1, 0.15) is 28.5 Å². The van der Waals surface area contributed by atoms with Gasteiger partial charge in [0.05, 0.1) is 17.6 Å². The number of nitrogens with one attached hydrogen (secondary N) is 1. The smallest absolute Gasteiger partial charge is 0.254 e. The normalized spacial score (nSPS) is 15.3. The van der Waals surface area contributed by atoms with Gasteiger partial charge in [-0.05, 0) is 39.0 Å². The van der Waals surface area contributed by atoms with Gasteiger partial charge in [0, 0.05) is 43.8 Å². The molecule has 0 aliphatic carbocycles. The average Bonchev–Trinajstić information content (AvgIpc) is 2.61. The number of aryl methyl sites for hydroxylation is 2. The summed E-state index contributed by atoms with van der Waals surface area (Å²) in [7, 11) is 0. The summed E-state index contributed by atoms with van der Waals surface area (Å²) in [5.41, 5.74) is 3.53. The number of benzene rings is 1. The molecular formula is C20H26N4O2. The van der Waals surface area contributed by atoms with Crippen molar-refractivity contribution in [3.63, 3.8) is 0 Å². The molecule has 2 amide bonds. The highest BCUT2D eigenvalue weighted by molar-refractivity contribution is 6.06. The number of fused-ring (bicyclic) bond motifs is 1. The van der Waals surface area contributed by atoms with Crippen LogP contribution in [0.3, 0.4) is 0 Å². The van der Waals surface area contributed by atoms with E-state index in [1.807, 2.05) is 49.9 Å². The van der Waals surface area contributed by atoms with Crippen molar-refractivity contribution in [3.05, 3.63) is 41.1 Å². The highest BCUT2D eigenvalue weighted by Crippen LogP contribution is 2.22. The van der Waals surface area contributed by atoms with Gasteiger partial charge >= 0.3 is 0 Å². The van der Waals surface area contributed by atoms with Gasteiger partial charge in [0.25, 0.3) is 5.91 Å². The van der Waals surface area contributed by atoms with E-state index < -0.39 is 0 Å². The van der Waals surface area contributed by atoms with Crippen molar-refractivity contribution in [2.45, 2.75) is 20.8 Å². The average molecular weight is 354 g/mol. The lowest BCUT2D eigenvalue weighted by atomic mass is 10.0. The molecular weight excluding hydrogens is 328 g/mol. The second kappa shape index (κ2) is 7.83. The molecule has 0 saturated carbocycles. The molecule has 0 bridgehead atoms. The number of likely N-dealkylation sites (N-methyl/N-ethyl adjacent to an activating group) is 1. The van der Waals surface area contributed by atoms with Crippen LogP contribution in [0.2, 0.25) is 0 Å². The maximum Gasteiger partial charge on any atom is 0.254 e.